The van der Waals surface area contributed by atoms with Gasteiger partial charge in [-0.15, -0.1) is 0 Å². The number of fused-ring (bicyclic) bond motifs is 1. The molecule has 0 saturated carbocycles. The first-order valence-corrected chi connectivity index (χ1v) is 6.37. The van der Waals surface area contributed by atoms with Crippen molar-refractivity contribution in [3.05, 3.63) is 29.1 Å². The number of aliphatic hydroxyl groups is 1. The summed E-state index contributed by atoms with van der Waals surface area (Å²) in [6, 6.07) is 0.473. The van der Waals surface area contributed by atoms with E-state index in [-0.39, 0.29) is 16.9 Å². The Morgan fingerprint density at radius 3 is 2.38 bits per heavy atom. The molecule has 0 fully saturated rings. The second kappa shape index (κ2) is 4.58. The number of halogens is 4. The highest BCUT2D eigenvalue weighted by atomic mass is 19.4. The minimum absolute atomic E-state index is 0.0457. The number of ether oxygens (including phenoxy) is 1. The Morgan fingerprint density at radius 1 is 1.33 bits per heavy atom. The van der Waals surface area contributed by atoms with E-state index in [2.05, 4.69) is 0 Å². The molecule has 3 nitrogen and oxygen atoms in total. The van der Waals surface area contributed by atoms with Crippen LogP contribution in [0.15, 0.2) is 12.1 Å². The van der Waals surface area contributed by atoms with E-state index in [9.17, 15) is 22.7 Å². The molecule has 0 aliphatic heterocycles. The highest BCUT2D eigenvalue weighted by molar-refractivity contribution is 5.51. The van der Waals surface area contributed by atoms with Gasteiger partial charge in [-0.1, -0.05) is 19.9 Å². The molecule has 0 heterocycles. The van der Waals surface area contributed by atoms with Crippen LogP contribution in [0.5, 0.6) is 5.75 Å². The lowest BCUT2D eigenvalue weighted by molar-refractivity contribution is -0.278. The monoisotopic (exact) mass is 307 g/mol. The van der Waals surface area contributed by atoms with E-state index < -0.39 is 35.5 Å². The van der Waals surface area contributed by atoms with Gasteiger partial charge < -0.3 is 15.6 Å². The molecule has 0 bridgehead atoms. The summed E-state index contributed by atoms with van der Waals surface area (Å²) < 4.78 is 58.5. The first kappa shape index (κ1) is 16.0. The summed E-state index contributed by atoms with van der Waals surface area (Å²) in [5.41, 5.74) is 1.76. The minimum Gasteiger partial charge on any atom is -0.493 e. The highest BCUT2D eigenvalue weighted by Gasteiger charge is 2.63. The van der Waals surface area contributed by atoms with Gasteiger partial charge in [0.05, 0.1) is 13.2 Å². The van der Waals surface area contributed by atoms with Crippen molar-refractivity contribution in [1.82, 2.24) is 0 Å². The fraction of sp³-hybridized carbons (Fsp3) is 0.571. The van der Waals surface area contributed by atoms with Gasteiger partial charge in [0.15, 0.2) is 17.2 Å². The van der Waals surface area contributed by atoms with Crippen LogP contribution < -0.4 is 10.5 Å². The van der Waals surface area contributed by atoms with Crippen LogP contribution >= 0.6 is 0 Å². The van der Waals surface area contributed by atoms with Crippen LogP contribution in [0.2, 0.25) is 0 Å². The summed E-state index contributed by atoms with van der Waals surface area (Å²) in [7, 11) is 1.24. The van der Waals surface area contributed by atoms with Gasteiger partial charge in [-0.05, 0) is 23.5 Å². The number of methoxy groups -OCH3 is 1. The molecule has 0 spiro atoms. The molecular formula is C14H17F4NO2. The standard InChI is InChI=1S/C14H17F4NO2/c1-12(2)6-13(20,14(16,17)18)11(19)7-4-5-8(15)10(21-3)9(7)12/h4-5,11,20H,6,19H2,1-3H3/t11-,13-/m0/s1. The molecule has 2 atom stereocenters. The maximum absolute atomic E-state index is 13.8. The lowest BCUT2D eigenvalue weighted by atomic mass is 9.63. The zero-order valence-electron chi connectivity index (χ0n) is 11.9. The van der Waals surface area contributed by atoms with Gasteiger partial charge in [-0.2, -0.15) is 13.2 Å². The van der Waals surface area contributed by atoms with Crippen molar-refractivity contribution >= 4 is 0 Å². The summed E-state index contributed by atoms with van der Waals surface area (Å²) in [6.07, 6.45) is -5.56. The number of hydrogen-bond donors (Lipinski definition) is 2. The molecular weight excluding hydrogens is 290 g/mol. The van der Waals surface area contributed by atoms with Crippen molar-refractivity contribution in [1.29, 1.82) is 0 Å². The summed E-state index contributed by atoms with van der Waals surface area (Å²) in [4.78, 5) is 0. The van der Waals surface area contributed by atoms with Gasteiger partial charge in [-0.3, -0.25) is 0 Å². The van der Waals surface area contributed by atoms with Gasteiger partial charge >= 0.3 is 6.18 Å². The molecule has 118 valence electrons. The third-order valence-electron chi connectivity index (χ3n) is 4.07. The van der Waals surface area contributed by atoms with Crippen LogP contribution in [0.25, 0.3) is 0 Å². The summed E-state index contributed by atoms with van der Waals surface area (Å²) in [6.45, 7) is 2.99. The number of nitrogens with two attached hydrogens (primary N) is 1. The molecule has 1 aliphatic carbocycles. The molecule has 1 aliphatic rings. The Kier molecular flexibility index (Phi) is 3.50. The first-order chi connectivity index (χ1) is 9.45. The lowest BCUT2D eigenvalue weighted by Crippen LogP contribution is -2.59. The zero-order chi connectivity index (χ0) is 16.2. The van der Waals surface area contributed by atoms with Crippen molar-refractivity contribution in [2.75, 3.05) is 7.11 Å². The molecule has 0 radical (unpaired) electrons. The van der Waals surface area contributed by atoms with E-state index in [1.165, 1.54) is 27.0 Å². The third kappa shape index (κ3) is 2.19. The molecule has 0 aromatic heterocycles. The largest absolute Gasteiger partial charge is 0.493 e. The van der Waals surface area contributed by atoms with Crippen molar-refractivity contribution in [3.8, 4) is 5.75 Å². The molecule has 1 aromatic carbocycles. The van der Waals surface area contributed by atoms with Crippen molar-refractivity contribution in [2.24, 2.45) is 5.73 Å². The van der Waals surface area contributed by atoms with E-state index in [4.69, 9.17) is 10.5 Å². The van der Waals surface area contributed by atoms with Crippen molar-refractivity contribution < 1.29 is 27.4 Å². The van der Waals surface area contributed by atoms with Crippen LogP contribution in [0.1, 0.15) is 37.4 Å². The number of hydrogen-bond acceptors (Lipinski definition) is 3. The van der Waals surface area contributed by atoms with Crippen molar-refractivity contribution in [2.45, 2.75) is 43.5 Å². The van der Waals surface area contributed by atoms with Crippen LogP contribution in [-0.4, -0.2) is 24.0 Å². The van der Waals surface area contributed by atoms with E-state index in [1.807, 2.05) is 0 Å². The third-order valence-corrected chi connectivity index (χ3v) is 4.07. The quantitative estimate of drug-likeness (QED) is 0.785. The van der Waals surface area contributed by atoms with E-state index in [0.29, 0.717) is 0 Å². The predicted octanol–water partition coefficient (Wildman–Crippen LogP) is 2.81. The first-order valence-electron chi connectivity index (χ1n) is 6.37. The van der Waals surface area contributed by atoms with E-state index in [0.717, 1.165) is 6.07 Å². The minimum atomic E-state index is -4.89. The molecule has 3 N–H and O–H groups in total. The van der Waals surface area contributed by atoms with Crippen molar-refractivity contribution in [3.63, 3.8) is 0 Å². The number of alkyl halides is 3. The van der Waals surface area contributed by atoms with Crippen LogP contribution in [0.3, 0.4) is 0 Å². The molecule has 0 saturated heterocycles. The van der Waals surface area contributed by atoms with Gasteiger partial charge in [-0.25, -0.2) is 4.39 Å². The summed E-state index contributed by atoms with van der Waals surface area (Å²) in [5, 5.41) is 10.1. The molecule has 21 heavy (non-hydrogen) atoms. The second-order valence-electron chi connectivity index (χ2n) is 6.01. The average Bonchev–Trinajstić information content (AvgIpc) is 2.34. The molecule has 2 rings (SSSR count). The fourth-order valence-electron chi connectivity index (χ4n) is 3.14. The molecule has 0 amide bonds. The molecule has 0 unspecified atom stereocenters. The van der Waals surface area contributed by atoms with Gasteiger partial charge in [0.25, 0.3) is 0 Å². The maximum Gasteiger partial charge on any atom is 0.419 e. The lowest BCUT2D eigenvalue weighted by Gasteiger charge is -2.47. The zero-order valence-corrected chi connectivity index (χ0v) is 11.9. The van der Waals surface area contributed by atoms with E-state index >= 15 is 0 Å². The summed E-state index contributed by atoms with van der Waals surface area (Å²) in [5.74, 6) is -0.800. The average molecular weight is 307 g/mol. The Balaban J connectivity index is 2.74. The van der Waals surface area contributed by atoms with Gasteiger partial charge in [0.1, 0.15) is 0 Å². The Hall–Kier alpha value is -1.34. The second-order valence-corrected chi connectivity index (χ2v) is 6.01. The number of benzene rings is 1. The SMILES string of the molecule is COc1c(F)ccc2c1C(C)(C)C[C@@](O)(C(F)(F)F)[C@H]2N. The highest BCUT2D eigenvalue weighted by Crippen LogP contribution is 2.54. The number of rotatable bonds is 1. The maximum atomic E-state index is 13.8. The fourth-order valence-corrected chi connectivity index (χ4v) is 3.14. The predicted molar refractivity (Wildman–Crippen MR) is 68.5 cm³/mol. The Morgan fingerprint density at radius 2 is 1.90 bits per heavy atom. The van der Waals surface area contributed by atoms with Crippen LogP contribution in [-0.2, 0) is 5.41 Å². The Bertz CT molecular complexity index is 571. The van der Waals surface area contributed by atoms with Crippen LogP contribution in [0, 0.1) is 5.82 Å². The smallest absolute Gasteiger partial charge is 0.419 e. The van der Waals surface area contributed by atoms with Crippen LogP contribution in [0.4, 0.5) is 17.6 Å². The normalized spacial score (nSPS) is 28.1. The van der Waals surface area contributed by atoms with Gasteiger partial charge in [0, 0.05) is 5.56 Å². The van der Waals surface area contributed by atoms with E-state index in [1.54, 1.807) is 0 Å². The molecule has 1 aromatic rings. The Labute approximate surface area is 119 Å². The van der Waals surface area contributed by atoms with Gasteiger partial charge in [0.2, 0.25) is 0 Å². The topological polar surface area (TPSA) is 55.5 Å². The molecule has 7 heteroatoms. The summed E-state index contributed by atoms with van der Waals surface area (Å²) >= 11 is 0.